The number of hydrogen-bond donors (Lipinski definition) is 2. The first-order valence-electron chi connectivity index (χ1n) is 10.4. The van der Waals surface area contributed by atoms with Crippen LogP contribution in [0.1, 0.15) is 55.4 Å². The van der Waals surface area contributed by atoms with Crippen molar-refractivity contribution in [3.8, 4) is 0 Å². The number of aliphatic hydroxyl groups excluding tert-OH is 1. The topological polar surface area (TPSA) is 69.2 Å². The van der Waals surface area contributed by atoms with Crippen molar-refractivity contribution >= 4 is 24.5 Å². The van der Waals surface area contributed by atoms with Crippen molar-refractivity contribution in [1.29, 1.82) is 0 Å². The van der Waals surface area contributed by atoms with Crippen LogP contribution in [0.3, 0.4) is 0 Å². The van der Waals surface area contributed by atoms with E-state index in [0.717, 1.165) is 0 Å². The Morgan fingerprint density at radius 1 is 0.926 bits per heavy atom. The third-order valence-electron chi connectivity index (χ3n) is 6.03. The standard InChI is InChI=1S/C18H39BNO5Si2/c1-11(2)26(12(3)4)22-10-15-17(16(21)18(23-15)19-20-9)24-27(25-26,13(5)6)14(7)8/h11-18,20-21H,10H2,1-9H3/t15-,16-,17?,18+/m0/s1. The third kappa shape index (κ3) is 4.26. The zero-order valence-corrected chi connectivity index (χ0v) is 20.5. The van der Waals surface area contributed by atoms with Gasteiger partial charge in [-0.15, -0.1) is 0 Å². The molecule has 157 valence electrons. The lowest BCUT2D eigenvalue weighted by molar-refractivity contribution is -0.0321. The first kappa shape index (κ1) is 23.5. The SMILES string of the molecule is CN[B][C@@H]1O[C@H]2CO[Si](C(C)C)(C(C)C)O[Si](C(C)C)(C(C)C)OC2[C@@H]1O. The lowest BCUT2D eigenvalue weighted by atomic mass is 9.81. The fraction of sp³-hybridized carbons (Fsp3) is 1.00. The second kappa shape index (κ2) is 8.95. The molecule has 1 unspecified atom stereocenters. The zero-order chi connectivity index (χ0) is 20.6. The van der Waals surface area contributed by atoms with Crippen molar-refractivity contribution in [2.75, 3.05) is 13.7 Å². The van der Waals surface area contributed by atoms with Gasteiger partial charge in [0.05, 0.1) is 12.6 Å². The van der Waals surface area contributed by atoms with Gasteiger partial charge in [0, 0.05) is 0 Å². The van der Waals surface area contributed by atoms with Crippen LogP contribution in [-0.4, -0.2) is 67.6 Å². The monoisotopic (exact) mass is 416 g/mol. The van der Waals surface area contributed by atoms with E-state index in [9.17, 15) is 5.11 Å². The van der Waals surface area contributed by atoms with Gasteiger partial charge in [0.1, 0.15) is 18.3 Å². The van der Waals surface area contributed by atoms with Gasteiger partial charge < -0.3 is 28.0 Å². The van der Waals surface area contributed by atoms with Crippen LogP contribution in [0.15, 0.2) is 0 Å². The maximum Gasteiger partial charge on any atom is 0.335 e. The molecular weight excluding hydrogens is 377 g/mol. The first-order chi connectivity index (χ1) is 12.5. The van der Waals surface area contributed by atoms with E-state index in [1.54, 1.807) is 7.41 Å². The molecule has 0 aromatic rings. The van der Waals surface area contributed by atoms with Gasteiger partial charge in [0.2, 0.25) is 7.41 Å². The molecule has 0 bridgehead atoms. The van der Waals surface area contributed by atoms with Crippen molar-refractivity contribution in [2.24, 2.45) is 0 Å². The van der Waals surface area contributed by atoms with Crippen molar-refractivity contribution in [1.82, 2.24) is 5.23 Å². The van der Waals surface area contributed by atoms with Crippen molar-refractivity contribution in [3.05, 3.63) is 0 Å². The molecule has 2 aliphatic rings. The Hall–Kier alpha value is 0.259. The Kier molecular flexibility index (Phi) is 7.80. The van der Waals surface area contributed by atoms with E-state index in [0.29, 0.717) is 17.7 Å². The van der Waals surface area contributed by atoms with E-state index in [1.165, 1.54) is 0 Å². The largest absolute Gasteiger partial charge is 0.414 e. The Balaban J connectivity index is 2.50. The molecule has 2 heterocycles. The molecular formula is C18H39BNO5Si2. The minimum atomic E-state index is -2.70. The maximum absolute atomic E-state index is 10.9. The van der Waals surface area contributed by atoms with E-state index in [1.807, 2.05) is 7.05 Å². The molecule has 1 radical (unpaired) electrons. The van der Waals surface area contributed by atoms with Crippen LogP contribution >= 0.6 is 0 Å². The van der Waals surface area contributed by atoms with Crippen LogP contribution in [-0.2, 0) is 17.7 Å². The molecule has 6 nitrogen and oxygen atoms in total. The lowest BCUT2D eigenvalue weighted by Crippen LogP contribution is -2.65. The molecule has 2 rings (SSSR count). The Labute approximate surface area is 168 Å². The van der Waals surface area contributed by atoms with E-state index in [4.69, 9.17) is 17.7 Å². The summed E-state index contributed by atoms with van der Waals surface area (Å²) < 4.78 is 26.7. The highest BCUT2D eigenvalue weighted by Gasteiger charge is 2.61. The van der Waals surface area contributed by atoms with E-state index < -0.39 is 35.3 Å². The van der Waals surface area contributed by atoms with Gasteiger partial charge in [-0.3, -0.25) is 0 Å². The van der Waals surface area contributed by atoms with Crippen molar-refractivity contribution in [3.63, 3.8) is 0 Å². The highest BCUT2D eigenvalue weighted by molar-refractivity contribution is 6.84. The molecule has 0 aliphatic carbocycles. The molecule has 0 amide bonds. The second-order valence-electron chi connectivity index (χ2n) is 9.14. The summed E-state index contributed by atoms with van der Waals surface area (Å²) in [6.45, 7) is 17.9. The molecule has 2 saturated heterocycles. The summed E-state index contributed by atoms with van der Waals surface area (Å²) >= 11 is 0. The van der Waals surface area contributed by atoms with Gasteiger partial charge in [-0.2, -0.15) is 0 Å². The van der Waals surface area contributed by atoms with E-state index >= 15 is 0 Å². The minimum absolute atomic E-state index is 0.240. The number of rotatable bonds is 6. The first-order valence-corrected chi connectivity index (χ1v) is 14.3. The number of nitrogens with one attached hydrogen (secondary N) is 1. The number of aliphatic hydroxyl groups is 1. The quantitative estimate of drug-likeness (QED) is 0.649. The normalized spacial score (nSPS) is 33.4. The van der Waals surface area contributed by atoms with Crippen LogP contribution in [0.5, 0.6) is 0 Å². The van der Waals surface area contributed by atoms with Crippen LogP contribution in [0.2, 0.25) is 22.2 Å². The number of hydrogen-bond acceptors (Lipinski definition) is 6. The molecule has 0 saturated carbocycles. The summed E-state index contributed by atoms with van der Waals surface area (Å²) in [4.78, 5) is 0. The number of fused-ring (bicyclic) bond motifs is 1. The van der Waals surface area contributed by atoms with Gasteiger partial charge in [-0.25, -0.2) is 0 Å². The molecule has 2 aliphatic heterocycles. The third-order valence-corrected chi connectivity index (χ3v) is 16.3. The highest BCUT2D eigenvalue weighted by Crippen LogP contribution is 2.47. The molecule has 27 heavy (non-hydrogen) atoms. The molecule has 2 N–H and O–H groups in total. The van der Waals surface area contributed by atoms with Gasteiger partial charge in [0.15, 0.2) is 0 Å². The van der Waals surface area contributed by atoms with E-state index in [2.05, 4.69) is 60.6 Å². The summed E-state index contributed by atoms with van der Waals surface area (Å²) in [6, 6.07) is -0.410. The summed E-state index contributed by atoms with van der Waals surface area (Å²) in [5.41, 5.74) is 1.08. The predicted molar refractivity (Wildman–Crippen MR) is 113 cm³/mol. The van der Waals surface area contributed by atoms with Crippen LogP contribution < -0.4 is 5.23 Å². The van der Waals surface area contributed by atoms with Crippen LogP contribution in [0.25, 0.3) is 0 Å². The van der Waals surface area contributed by atoms with Gasteiger partial charge in [-0.1, -0.05) is 55.4 Å². The fourth-order valence-corrected chi connectivity index (χ4v) is 15.7. The summed E-state index contributed by atoms with van der Waals surface area (Å²) in [7, 11) is -1.66. The van der Waals surface area contributed by atoms with E-state index in [-0.39, 0.29) is 17.2 Å². The molecule has 0 aromatic carbocycles. The second-order valence-corrected chi connectivity index (χ2v) is 18.0. The molecule has 2 fully saturated rings. The van der Waals surface area contributed by atoms with Crippen molar-refractivity contribution in [2.45, 2.75) is 102 Å². The Morgan fingerprint density at radius 2 is 1.44 bits per heavy atom. The van der Waals surface area contributed by atoms with Gasteiger partial charge in [0.25, 0.3) is 0 Å². The van der Waals surface area contributed by atoms with Crippen LogP contribution in [0, 0.1) is 0 Å². The Morgan fingerprint density at radius 3 is 1.89 bits per heavy atom. The minimum Gasteiger partial charge on any atom is -0.414 e. The lowest BCUT2D eigenvalue weighted by Gasteiger charge is -2.51. The Bertz CT molecular complexity index is 478. The summed E-state index contributed by atoms with van der Waals surface area (Å²) in [6.07, 6.45) is -1.44. The van der Waals surface area contributed by atoms with Crippen molar-refractivity contribution < 1.29 is 22.8 Å². The van der Waals surface area contributed by atoms with Gasteiger partial charge in [-0.05, 0) is 29.2 Å². The van der Waals surface area contributed by atoms with Gasteiger partial charge >= 0.3 is 17.1 Å². The maximum atomic E-state index is 10.9. The predicted octanol–water partition coefficient (Wildman–Crippen LogP) is 2.87. The molecule has 9 heteroatoms. The smallest absolute Gasteiger partial charge is 0.335 e. The fourth-order valence-electron chi connectivity index (χ4n) is 4.49. The average Bonchev–Trinajstić information content (AvgIpc) is 2.82. The summed E-state index contributed by atoms with van der Waals surface area (Å²) in [5, 5.41) is 13.9. The average molecular weight is 416 g/mol. The van der Waals surface area contributed by atoms with Crippen LogP contribution in [0.4, 0.5) is 0 Å². The number of ether oxygens (including phenoxy) is 1. The summed E-state index contributed by atoms with van der Waals surface area (Å²) in [5.74, 6) is 0. The zero-order valence-electron chi connectivity index (χ0n) is 18.5. The molecule has 0 spiro atoms. The molecule has 0 aromatic heterocycles. The highest BCUT2D eigenvalue weighted by atomic mass is 28.5. The molecule has 4 atom stereocenters.